The third-order valence-electron chi connectivity index (χ3n) is 4.76. The topological polar surface area (TPSA) is 55.6 Å². The molecule has 1 aliphatic carbocycles. The predicted octanol–water partition coefficient (Wildman–Crippen LogP) is 2.10. The van der Waals surface area contributed by atoms with Crippen LogP contribution in [-0.4, -0.2) is 26.3 Å². The van der Waals surface area contributed by atoms with Crippen molar-refractivity contribution in [1.29, 1.82) is 0 Å². The molecule has 1 fully saturated rings. The van der Waals surface area contributed by atoms with Crippen molar-refractivity contribution < 1.29 is 0 Å². The summed E-state index contributed by atoms with van der Waals surface area (Å²) in [5.41, 5.74) is 1.17. The summed E-state index contributed by atoms with van der Waals surface area (Å²) in [5.74, 6) is 3.03. The average Bonchev–Trinajstić information content (AvgIpc) is 3.19. The molecule has 5 nitrogen and oxygen atoms in total. The lowest BCUT2D eigenvalue weighted by atomic mass is 10.0. The molecular formula is C16H21N5. The second kappa shape index (κ2) is 5.56. The summed E-state index contributed by atoms with van der Waals surface area (Å²) < 4.78 is 2.33. The zero-order chi connectivity index (χ0) is 14.1. The first-order chi connectivity index (χ1) is 10.4. The highest BCUT2D eigenvalue weighted by Gasteiger charge is 2.27. The number of nitrogens with one attached hydrogen (secondary N) is 1. The van der Waals surface area contributed by atoms with Gasteiger partial charge in [0.2, 0.25) is 0 Å². The minimum absolute atomic E-state index is 0.122. The van der Waals surface area contributed by atoms with Gasteiger partial charge in [-0.1, -0.05) is 31.7 Å². The SMILES string of the molecule is c1cncc(C2NCCn3c(CC4CCCC4)nnc32)c1. The number of nitrogens with zero attached hydrogens (tertiary/aromatic N) is 4. The molecule has 5 heteroatoms. The maximum atomic E-state index is 4.49. The van der Waals surface area contributed by atoms with E-state index < -0.39 is 0 Å². The summed E-state index contributed by atoms with van der Waals surface area (Å²) in [7, 11) is 0. The van der Waals surface area contributed by atoms with Gasteiger partial charge in [0, 0.05) is 31.9 Å². The summed E-state index contributed by atoms with van der Waals surface area (Å²) in [6, 6.07) is 4.20. The maximum absolute atomic E-state index is 4.49. The van der Waals surface area contributed by atoms with Crippen LogP contribution >= 0.6 is 0 Å². The molecule has 1 saturated carbocycles. The number of hydrogen-bond acceptors (Lipinski definition) is 4. The Morgan fingerprint density at radius 3 is 2.95 bits per heavy atom. The lowest BCUT2D eigenvalue weighted by Crippen LogP contribution is -2.35. The third-order valence-corrected chi connectivity index (χ3v) is 4.76. The Kier molecular flexibility index (Phi) is 3.43. The molecule has 2 aliphatic rings. The molecule has 4 rings (SSSR count). The summed E-state index contributed by atoms with van der Waals surface area (Å²) >= 11 is 0. The Morgan fingerprint density at radius 2 is 2.14 bits per heavy atom. The third kappa shape index (κ3) is 2.46. The van der Waals surface area contributed by atoms with Gasteiger partial charge in [-0.2, -0.15) is 0 Å². The van der Waals surface area contributed by atoms with Crippen molar-refractivity contribution in [2.45, 2.75) is 44.7 Å². The molecule has 3 heterocycles. The van der Waals surface area contributed by atoms with Crippen molar-refractivity contribution in [3.8, 4) is 0 Å². The second-order valence-corrected chi connectivity index (χ2v) is 6.15. The number of rotatable bonds is 3. The Hall–Kier alpha value is -1.75. The summed E-state index contributed by atoms with van der Waals surface area (Å²) in [5, 5.41) is 12.5. The molecule has 21 heavy (non-hydrogen) atoms. The highest BCUT2D eigenvalue weighted by Crippen LogP contribution is 2.29. The normalized spacial score (nSPS) is 22.4. The van der Waals surface area contributed by atoms with Crippen LogP contribution in [0.4, 0.5) is 0 Å². The van der Waals surface area contributed by atoms with Crippen molar-refractivity contribution in [3.05, 3.63) is 41.7 Å². The Morgan fingerprint density at radius 1 is 1.24 bits per heavy atom. The first-order valence-corrected chi connectivity index (χ1v) is 7.97. The number of hydrogen-bond donors (Lipinski definition) is 1. The van der Waals surface area contributed by atoms with E-state index in [1.807, 2.05) is 18.5 Å². The standard InChI is InChI=1S/C16H21N5/c1-2-5-12(4-1)10-14-19-20-16-15(18-8-9-21(14)16)13-6-3-7-17-11-13/h3,6-7,11-12,15,18H,1-2,4-5,8-10H2. The molecule has 2 aromatic heterocycles. The van der Waals surface area contributed by atoms with Gasteiger partial charge in [-0.25, -0.2) is 0 Å². The van der Waals surface area contributed by atoms with Crippen LogP contribution in [0.3, 0.4) is 0 Å². The van der Waals surface area contributed by atoms with Gasteiger partial charge in [0.15, 0.2) is 5.82 Å². The van der Waals surface area contributed by atoms with Crippen molar-refractivity contribution >= 4 is 0 Å². The molecule has 0 aromatic carbocycles. The number of pyridine rings is 1. The maximum Gasteiger partial charge on any atom is 0.154 e. The molecule has 1 unspecified atom stereocenters. The molecule has 1 atom stereocenters. The quantitative estimate of drug-likeness (QED) is 0.937. The monoisotopic (exact) mass is 283 g/mol. The second-order valence-electron chi connectivity index (χ2n) is 6.15. The van der Waals surface area contributed by atoms with E-state index in [-0.39, 0.29) is 6.04 Å². The van der Waals surface area contributed by atoms with Gasteiger partial charge >= 0.3 is 0 Å². The minimum atomic E-state index is 0.122. The molecule has 0 spiro atoms. The van der Waals surface area contributed by atoms with Gasteiger partial charge < -0.3 is 9.88 Å². The van der Waals surface area contributed by atoms with Crippen LogP contribution in [0.25, 0.3) is 0 Å². The van der Waals surface area contributed by atoms with Crippen LogP contribution in [0.5, 0.6) is 0 Å². The van der Waals surface area contributed by atoms with E-state index in [1.165, 1.54) is 37.1 Å². The van der Waals surface area contributed by atoms with E-state index in [2.05, 4.69) is 31.1 Å². The van der Waals surface area contributed by atoms with Gasteiger partial charge in [0.25, 0.3) is 0 Å². The largest absolute Gasteiger partial charge is 0.312 e. The molecule has 110 valence electrons. The molecule has 0 radical (unpaired) electrons. The number of aromatic nitrogens is 4. The van der Waals surface area contributed by atoms with Gasteiger partial charge in [-0.3, -0.25) is 4.98 Å². The van der Waals surface area contributed by atoms with Crippen molar-refractivity contribution in [1.82, 2.24) is 25.1 Å². The zero-order valence-electron chi connectivity index (χ0n) is 12.2. The van der Waals surface area contributed by atoms with Crippen LogP contribution < -0.4 is 5.32 Å². The first-order valence-electron chi connectivity index (χ1n) is 7.97. The van der Waals surface area contributed by atoms with E-state index in [4.69, 9.17) is 0 Å². The first kappa shape index (κ1) is 13.0. The molecule has 1 aliphatic heterocycles. The highest BCUT2D eigenvalue weighted by molar-refractivity contribution is 5.23. The van der Waals surface area contributed by atoms with E-state index in [1.54, 1.807) is 0 Å². The fourth-order valence-electron chi connectivity index (χ4n) is 3.66. The van der Waals surface area contributed by atoms with Gasteiger partial charge in [-0.15, -0.1) is 10.2 Å². The van der Waals surface area contributed by atoms with Crippen LogP contribution in [-0.2, 0) is 13.0 Å². The summed E-state index contributed by atoms with van der Waals surface area (Å²) in [4.78, 5) is 4.23. The van der Waals surface area contributed by atoms with Crippen LogP contribution in [0.15, 0.2) is 24.5 Å². The summed E-state index contributed by atoms with van der Waals surface area (Å²) in [6.45, 7) is 1.93. The lowest BCUT2D eigenvalue weighted by molar-refractivity contribution is 0.433. The van der Waals surface area contributed by atoms with E-state index >= 15 is 0 Å². The zero-order valence-corrected chi connectivity index (χ0v) is 12.2. The Labute approximate surface area is 124 Å². The van der Waals surface area contributed by atoms with Gasteiger partial charge in [0.1, 0.15) is 5.82 Å². The Bertz CT molecular complexity index is 600. The predicted molar refractivity (Wildman–Crippen MR) is 79.8 cm³/mol. The van der Waals surface area contributed by atoms with Crippen molar-refractivity contribution in [3.63, 3.8) is 0 Å². The van der Waals surface area contributed by atoms with Crippen LogP contribution in [0, 0.1) is 5.92 Å². The van der Waals surface area contributed by atoms with Crippen molar-refractivity contribution in [2.24, 2.45) is 5.92 Å². The van der Waals surface area contributed by atoms with Crippen molar-refractivity contribution in [2.75, 3.05) is 6.54 Å². The Balaban J connectivity index is 1.62. The highest BCUT2D eigenvalue weighted by atomic mass is 15.3. The van der Waals surface area contributed by atoms with Gasteiger partial charge in [-0.05, 0) is 17.5 Å². The fourth-order valence-corrected chi connectivity index (χ4v) is 3.66. The minimum Gasteiger partial charge on any atom is -0.312 e. The summed E-state index contributed by atoms with van der Waals surface area (Å²) in [6.07, 6.45) is 10.3. The molecular weight excluding hydrogens is 262 g/mol. The molecule has 1 N–H and O–H groups in total. The van der Waals surface area contributed by atoms with Gasteiger partial charge in [0.05, 0.1) is 6.04 Å². The number of fused-ring (bicyclic) bond motifs is 1. The molecule has 0 amide bonds. The van der Waals surface area contributed by atoms with E-state index in [0.29, 0.717) is 0 Å². The van der Waals surface area contributed by atoms with E-state index in [9.17, 15) is 0 Å². The molecule has 0 saturated heterocycles. The average molecular weight is 283 g/mol. The smallest absolute Gasteiger partial charge is 0.154 e. The fraction of sp³-hybridized carbons (Fsp3) is 0.562. The lowest BCUT2D eigenvalue weighted by Gasteiger charge is -2.25. The van der Waals surface area contributed by atoms with Crippen LogP contribution in [0.1, 0.15) is 48.9 Å². The molecule has 0 bridgehead atoms. The molecule has 2 aromatic rings. The van der Waals surface area contributed by atoms with E-state index in [0.717, 1.165) is 31.3 Å². The van der Waals surface area contributed by atoms with Crippen LogP contribution in [0.2, 0.25) is 0 Å².